The van der Waals surface area contributed by atoms with E-state index >= 15 is 0 Å². The van der Waals surface area contributed by atoms with Gasteiger partial charge in [0.05, 0.1) is 5.56 Å². The summed E-state index contributed by atoms with van der Waals surface area (Å²) < 4.78 is 26.4. The molecule has 2 aromatic rings. The van der Waals surface area contributed by atoms with Gasteiger partial charge < -0.3 is 10.0 Å². The van der Waals surface area contributed by atoms with Crippen molar-refractivity contribution in [2.24, 2.45) is 0 Å². The van der Waals surface area contributed by atoms with Crippen molar-refractivity contribution in [3.63, 3.8) is 0 Å². The van der Waals surface area contributed by atoms with Crippen LogP contribution in [0, 0.1) is 6.92 Å². The Kier molecular flexibility index (Phi) is 5.62. The van der Waals surface area contributed by atoms with Gasteiger partial charge in [0.25, 0.3) is 5.91 Å². The van der Waals surface area contributed by atoms with Crippen molar-refractivity contribution in [3.05, 3.63) is 70.6 Å². The van der Waals surface area contributed by atoms with Gasteiger partial charge in [0.2, 0.25) is 10.0 Å². The third-order valence-corrected chi connectivity index (χ3v) is 6.07. The standard InChI is InChI=1S/C20H22N2O4S/c1-16-7-8-18(19(23)15-16)20(24)21-10-12-22(13-11-21)27(25,26)14-9-17-5-3-2-4-6-17/h2-9,14-15,23H,10-13H2,1H3/b14-9+. The molecule has 1 N–H and O–H groups in total. The topological polar surface area (TPSA) is 77.9 Å². The molecule has 0 bridgehead atoms. The Morgan fingerprint density at radius 2 is 1.70 bits per heavy atom. The predicted octanol–water partition coefficient (Wildman–Crippen LogP) is 2.46. The number of aryl methyl sites for hydroxylation is 1. The molecule has 1 saturated heterocycles. The van der Waals surface area contributed by atoms with Gasteiger partial charge in [-0.1, -0.05) is 36.4 Å². The van der Waals surface area contributed by atoms with Crippen LogP contribution in [-0.2, 0) is 10.0 Å². The molecule has 0 atom stereocenters. The molecule has 3 rings (SSSR count). The molecular weight excluding hydrogens is 364 g/mol. The van der Waals surface area contributed by atoms with Crippen LogP contribution in [0.25, 0.3) is 6.08 Å². The van der Waals surface area contributed by atoms with E-state index in [1.807, 2.05) is 37.3 Å². The number of nitrogens with zero attached hydrogens (tertiary/aromatic N) is 2. The Hall–Kier alpha value is -2.64. The molecule has 0 aliphatic carbocycles. The second-order valence-corrected chi connectivity index (χ2v) is 8.29. The summed E-state index contributed by atoms with van der Waals surface area (Å²) in [5.74, 6) is -0.342. The molecule has 2 aromatic carbocycles. The summed E-state index contributed by atoms with van der Waals surface area (Å²) in [4.78, 5) is 14.1. The Bertz CT molecular complexity index is 947. The number of carbonyl (C=O) groups excluding carboxylic acids is 1. The first-order valence-electron chi connectivity index (χ1n) is 8.69. The van der Waals surface area contributed by atoms with E-state index in [9.17, 15) is 18.3 Å². The van der Waals surface area contributed by atoms with Gasteiger partial charge in [-0.05, 0) is 36.3 Å². The van der Waals surface area contributed by atoms with Gasteiger partial charge in [0.1, 0.15) is 5.75 Å². The van der Waals surface area contributed by atoms with E-state index in [1.54, 1.807) is 29.2 Å². The van der Waals surface area contributed by atoms with Crippen LogP contribution in [0.3, 0.4) is 0 Å². The van der Waals surface area contributed by atoms with Crippen molar-refractivity contribution in [2.45, 2.75) is 6.92 Å². The second-order valence-electron chi connectivity index (χ2n) is 6.47. The Morgan fingerprint density at radius 1 is 1.04 bits per heavy atom. The highest BCUT2D eigenvalue weighted by Crippen LogP contribution is 2.21. The fourth-order valence-electron chi connectivity index (χ4n) is 2.95. The molecule has 0 unspecified atom stereocenters. The number of aromatic hydroxyl groups is 1. The minimum absolute atomic E-state index is 0.0548. The van der Waals surface area contributed by atoms with Gasteiger partial charge in [-0.3, -0.25) is 4.79 Å². The van der Waals surface area contributed by atoms with Crippen LogP contribution in [-0.4, -0.2) is 54.8 Å². The summed E-state index contributed by atoms with van der Waals surface area (Å²) >= 11 is 0. The SMILES string of the molecule is Cc1ccc(C(=O)N2CCN(S(=O)(=O)/C=C/c3ccccc3)CC2)c(O)c1. The zero-order chi connectivity index (χ0) is 19.4. The fraction of sp³-hybridized carbons (Fsp3) is 0.250. The van der Waals surface area contributed by atoms with E-state index in [0.717, 1.165) is 11.1 Å². The molecule has 0 radical (unpaired) electrons. The van der Waals surface area contributed by atoms with Crippen LogP contribution in [0.5, 0.6) is 5.75 Å². The average molecular weight is 386 g/mol. The van der Waals surface area contributed by atoms with Gasteiger partial charge in [-0.25, -0.2) is 8.42 Å². The summed E-state index contributed by atoms with van der Waals surface area (Å²) in [5.41, 5.74) is 1.91. The monoisotopic (exact) mass is 386 g/mol. The smallest absolute Gasteiger partial charge is 0.257 e. The number of phenols is 1. The normalized spacial score (nSPS) is 16.0. The average Bonchev–Trinajstić information content (AvgIpc) is 2.67. The molecule has 142 valence electrons. The number of sulfonamides is 1. The zero-order valence-corrected chi connectivity index (χ0v) is 15.9. The highest BCUT2D eigenvalue weighted by atomic mass is 32.2. The largest absolute Gasteiger partial charge is 0.507 e. The number of benzene rings is 2. The first-order valence-corrected chi connectivity index (χ1v) is 10.2. The van der Waals surface area contributed by atoms with Crippen molar-refractivity contribution >= 4 is 22.0 Å². The molecule has 1 amide bonds. The van der Waals surface area contributed by atoms with Crippen LogP contribution >= 0.6 is 0 Å². The van der Waals surface area contributed by atoms with Crippen LogP contribution in [0.4, 0.5) is 0 Å². The number of amides is 1. The molecule has 1 aliphatic rings. The minimum atomic E-state index is -3.54. The van der Waals surface area contributed by atoms with Gasteiger partial charge >= 0.3 is 0 Å². The highest BCUT2D eigenvalue weighted by Gasteiger charge is 2.28. The molecule has 1 fully saturated rings. The lowest BCUT2D eigenvalue weighted by Crippen LogP contribution is -2.50. The van der Waals surface area contributed by atoms with Gasteiger partial charge in [0, 0.05) is 31.6 Å². The predicted molar refractivity (Wildman–Crippen MR) is 105 cm³/mol. The van der Waals surface area contributed by atoms with E-state index in [-0.39, 0.29) is 43.4 Å². The minimum Gasteiger partial charge on any atom is -0.507 e. The van der Waals surface area contributed by atoms with Crippen molar-refractivity contribution in [2.75, 3.05) is 26.2 Å². The summed E-state index contributed by atoms with van der Waals surface area (Å²) in [6.45, 7) is 2.84. The van der Waals surface area contributed by atoms with E-state index in [2.05, 4.69) is 0 Å². The Morgan fingerprint density at radius 3 is 2.33 bits per heavy atom. The highest BCUT2D eigenvalue weighted by molar-refractivity contribution is 7.92. The summed E-state index contributed by atoms with van der Waals surface area (Å²) in [6.07, 6.45) is 1.57. The van der Waals surface area contributed by atoms with Gasteiger partial charge in [-0.2, -0.15) is 4.31 Å². The molecule has 1 aliphatic heterocycles. The molecule has 0 saturated carbocycles. The third-order valence-electron chi connectivity index (χ3n) is 4.50. The number of hydrogen-bond acceptors (Lipinski definition) is 4. The van der Waals surface area contributed by atoms with Crippen LogP contribution in [0.15, 0.2) is 53.9 Å². The van der Waals surface area contributed by atoms with Crippen LogP contribution in [0.1, 0.15) is 21.5 Å². The third kappa shape index (κ3) is 4.56. The maximum Gasteiger partial charge on any atom is 0.257 e. The van der Waals surface area contributed by atoms with Gasteiger partial charge in [-0.15, -0.1) is 0 Å². The molecular formula is C20H22N2O4S. The Labute approximate surface area is 159 Å². The Balaban J connectivity index is 1.64. The van der Waals surface area contributed by atoms with Crippen LogP contribution in [0.2, 0.25) is 0 Å². The summed E-state index contributed by atoms with van der Waals surface area (Å²) in [5, 5.41) is 11.2. The lowest BCUT2D eigenvalue weighted by molar-refractivity contribution is 0.0695. The fourth-order valence-corrected chi connectivity index (χ4v) is 4.13. The molecule has 7 heteroatoms. The maximum absolute atomic E-state index is 12.6. The molecule has 6 nitrogen and oxygen atoms in total. The molecule has 0 aromatic heterocycles. The molecule has 0 spiro atoms. The lowest BCUT2D eigenvalue weighted by Gasteiger charge is -2.33. The van der Waals surface area contributed by atoms with E-state index in [4.69, 9.17) is 0 Å². The van der Waals surface area contributed by atoms with Gasteiger partial charge in [0.15, 0.2) is 0 Å². The number of hydrogen-bond donors (Lipinski definition) is 1. The first-order chi connectivity index (χ1) is 12.9. The van der Waals surface area contributed by atoms with Crippen molar-refractivity contribution < 1.29 is 18.3 Å². The zero-order valence-electron chi connectivity index (χ0n) is 15.1. The lowest BCUT2D eigenvalue weighted by atomic mass is 10.1. The summed E-state index contributed by atoms with van der Waals surface area (Å²) in [6, 6.07) is 14.1. The number of piperazine rings is 1. The number of carbonyl (C=O) groups is 1. The van der Waals surface area contributed by atoms with Crippen LogP contribution < -0.4 is 0 Å². The summed E-state index contributed by atoms with van der Waals surface area (Å²) in [7, 11) is -3.54. The van der Waals surface area contributed by atoms with Crippen molar-refractivity contribution in [1.82, 2.24) is 9.21 Å². The number of phenolic OH excluding ortho intramolecular Hbond substituents is 1. The maximum atomic E-state index is 12.6. The second kappa shape index (κ2) is 7.94. The number of rotatable bonds is 4. The van der Waals surface area contributed by atoms with Crippen molar-refractivity contribution in [1.29, 1.82) is 0 Å². The van der Waals surface area contributed by atoms with E-state index < -0.39 is 10.0 Å². The first kappa shape index (κ1) is 19.1. The van der Waals surface area contributed by atoms with Crippen molar-refractivity contribution in [3.8, 4) is 5.75 Å². The molecule has 1 heterocycles. The quantitative estimate of drug-likeness (QED) is 0.876. The molecule has 27 heavy (non-hydrogen) atoms. The van der Waals surface area contributed by atoms with E-state index in [0.29, 0.717) is 0 Å². The van der Waals surface area contributed by atoms with E-state index in [1.165, 1.54) is 9.71 Å².